The van der Waals surface area contributed by atoms with Crippen molar-refractivity contribution >= 4 is 33.2 Å². The van der Waals surface area contributed by atoms with Crippen LogP contribution in [0.4, 0.5) is 0 Å². The Kier molecular flexibility index (Phi) is 3.94. The Balaban J connectivity index is 1.72. The van der Waals surface area contributed by atoms with Crippen LogP contribution in [0.1, 0.15) is 33.1 Å². The Bertz CT molecular complexity index is 603. The first-order valence-electron chi connectivity index (χ1n) is 6.75. The number of benzene rings is 1. The highest BCUT2D eigenvalue weighted by molar-refractivity contribution is 9.11. The van der Waals surface area contributed by atoms with E-state index in [0.29, 0.717) is 5.92 Å². The second kappa shape index (κ2) is 5.70. The SMILES string of the molecule is Cc1cc(C(=O)N2CCC(c3ccccc3)C2)sc1Br. The zero-order chi connectivity index (χ0) is 14.1. The molecule has 104 valence electrons. The van der Waals surface area contributed by atoms with Gasteiger partial charge < -0.3 is 4.90 Å². The largest absolute Gasteiger partial charge is 0.337 e. The molecule has 1 fully saturated rings. The third-order valence-corrected chi connectivity index (χ3v) is 5.94. The summed E-state index contributed by atoms with van der Waals surface area (Å²) in [5.41, 5.74) is 2.48. The average molecular weight is 350 g/mol. The standard InChI is InChI=1S/C16H16BrNOS/c1-11-9-14(20-15(11)17)16(19)18-8-7-13(10-18)12-5-3-2-4-6-12/h2-6,9,13H,7-8,10H2,1H3. The fraction of sp³-hybridized carbons (Fsp3) is 0.312. The Labute approximate surface area is 131 Å². The lowest BCUT2D eigenvalue weighted by Crippen LogP contribution is -2.27. The topological polar surface area (TPSA) is 20.3 Å². The molecule has 2 heterocycles. The van der Waals surface area contributed by atoms with Crippen LogP contribution in [0, 0.1) is 6.92 Å². The van der Waals surface area contributed by atoms with Crippen LogP contribution >= 0.6 is 27.3 Å². The van der Waals surface area contributed by atoms with Gasteiger partial charge >= 0.3 is 0 Å². The molecular weight excluding hydrogens is 334 g/mol. The molecule has 1 saturated heterocycles. The summed E-state index contributed by atoms with van der Waals surface area (Å²) in [4.78, 5) is 15.3. The van der Waals surface area contributed by atoms with Crippen molar-refractivity contribution in [3.05, 3.63) is 56.2 Å². The highest BCUT2D eigenvalue weighted by atomic mass is 79.9. The summed E-state index contributed by atoms with van der Waals surface area (Å²) < 4.78 is 1.06. The molecule has 3 rings (SSSR count). The molecule has 1 aliphatic rings. The van der Waals surface area contributed by atoms with Crippen LogP contribution in [0.5, 0.6) is 0 Å². The van der Waals surface area contributed by atoms with E-state index in [0.717, 1.165) is 33.7 Å². The number of carbonyl (C=O) groups is 1. The number of halogens is 1. The van der Waals surface area contributed by atoms with Gasteiger partial charge in [-0.3, -0.25) is 4.79 Å². The first-order valence-corrected chi connectivity index (χ1v) is 8.36. The van der Waals surface area contributed by atoms with E-state index >= 15 is 0 Å². The maximum atomic E-state index is 12.5. The summed E-state index contributed by atoms with van der Waals surface area (Å²) in [6.07, 6.45) is 1.06. The monoisotopic (exact) mass is 349 g/mol. The van der Waals surface area contributed by atoms with Crippen molar-refractivity contribution in [3.8, 4) is 0 Å². The number of thiophene rings is 1. The number of hydrogen-bond donors (Lipinski definition) is 0. The Hall–Kier alpha value is -1.13. The molecule has 2 nitrogen and oxygen atoms in total. The van der Waals surface area contributed by atoms with Crippen molar-refractivity contribution in [3.63, 3.8) is 0 Å². The molecule has 1 aliphatic heterocycles. The van der Waals surface area contributed by atoms with Crippen molar-refractivity contribution in [2.24, 2.45) is 0 Å². The van der Waals surface area contributed by atoms with Gasteiger partial charge in [-0.15, -0.1) is 11.3 Å². The van der Waals surface area contributed by atoms with Crippen LogP contribution in [0.15, 0.2) is 40.2 Å². The van der Waals surface area contributed by atoms with Crippen molar-refractivity contribution < 1.29 is 4.79 Å². The number of nitrogens with zero attached hydrogens (tertiary/aromatic N) is 1. The summed E-state index contributed by atoms with van der Waals surface area (Å²) >= 11 is 5.02. The molecule has 20 heavy (non-hydrogen) atoms. The Morgan fingerprint density at radius 3 is 2.75 bits per heavy atom. The van der Waals surface area contributed by atoms with E-state index in [4.69, 9.17) is 0 Å². The zero-order valence-electron chi connectivity index (χ0n) is 11.3. The molecule has 1 amide bonds. The van der Waals surface area contributed by atoms with Gasteiger partial charge in [0.2, 0.25) is 0 Å². The van der Waals surface area contributed by atoms with Crippen LogP contribution in [0.2, 0.25) is 0 Å². The number of likely N-dealkylation sites (tertiary alicyclic amines) is 1. The molecular formula is C16H16BrNOS. The van der Waals surface area contributed by atoms with Crippen molar-refractivity contribution in [1.82, 2.24) is 4.90 Å². The lowest BCUT2D eigenvalue weighted by molar-refractivity contribution is 0.0795. The number of carbonyl (C=O) groups excluding carboxylic acids is 1. The molecule has 0 saturated carbocycles. The smallest absolute Gasteiger partial charge is 0.263 e. The van der Waals surface area contributed by atoms with E-state index < -0.39 is 0 Å². The molecule has 1 aromatic heterocycles. The average Bonchev–Trinajstić information content (AvgIpc) is 3.07. The second-order valence-electron chi connectivity index (χ2n) is 5.21. The first-order chi connectivity index (χ1) is 9.65. The quantitative estimate of drug-likeness (QED) is 0.784. The molecule has 4 heteroatoms. The van der Waals surface area contributed by atoms with Crippen molar-refractivity contribution in [2.75, 3.05) is 13.1 Å². The minimum absolute atomic E-state index is 0.169. The van der Waals surface area contributed by atoms with Gasteiger partial charge in [-0.05, 0) is 46.5 Å². The summed E-state index contributed by atoms with van der Waals surface area (Å²) in [7, 11) is 0. The highest BCUT2D eigenvalue weighted by Gasteiger charge is 2.28. The predicted molar refractivity (Wildman–Crippen MR) is 86.5 cm³/mol. The minimum Gasteiger partial charge on any atom is -0.337 e. The molecule has 1 aromatic carbocycles. The molecule has 0 N–H and O–H groups in total. The van der Waals surface area contributed by atoms with Gasteiger partial charge in [0.1, 0.15) is 0 Å². The number of amides is 1. The van der Waals surface area contributed by atoms with Gasteiger partial charge in [0.05, 0.1) is 8.66 Å². The lowest BCUT2D eigenvalue weighted by atomic mass is 9.99. The first kappa shape index (κ1) is 13.8. The molecule has 0 bridgehead atoms. The Morgan fingerprint density at radius 1 is 1.35 bits per heavy atom. The van der Waals surface area contributed by atoms with E-state index in [-0.39, 0.29) is 5.91 Å². The van der Waals surface area contributed by atoms with Gasteiger partial charge in [0.15, 0.2) is 0 Å². The fourth-order valence-electron chi connectivity index (χ4n) is 2.66. The number of rotatable bonds is 2. The van der Waals surface area contributed by atoms with Crippen molar-refractivity contribution in [2.45, 2.75) is 19.3 Å². The second-order valence-corrected chi connectivity index (χ2v) is 7.58. The van der Waals surface area contributed by atoms with Gasteiger partial charge in [0, 0.05) is 19.0 Å². The molecule has 1 atom stereocenters. The zero-order valence-corrected chi connectivity index (χ0v) is 13.7. The molecule has 0 aliphatic carbocycles. The van der Waals surface area contributed by atoms with E-state index in [1.54, 1.807) is 0 Å². The highest BCUT2D eigenvalue weighted by Crippen LogP contribution is 2.32. The van der Waals surface area contributed by atoms with Crippen LogP contribution in [0.3, 0.4) is 0 Å². The summed E-state index contributed by atoms with van der Waals surface area (Å²) in [5.74, 6) is 0.645. The summed E-state index contributed by atoms with van der Waals surface area (Å²) in [5, 5.41) is 0. The normalized spacial score (nSPS) is 18.5. The summed E-state index contributed by atoms with van der Waals surface area (Å²) in [6.45, 7) is 3.71. The maximum Gasteiger partial charge on any atom is 0.263 e. The van der Waals surface area contributed by atoms with Gasteiger partial charge in [-0.1, -0.05) is 30.3 Å². The van der Waals surface area contributed by atoms with Crippen LogP contribution < -0.4 is 0 Å². The molecule has 0 spiro atoms. The third kappa shape index (κ3) is 2.67. The minimum atomic E-state index is 0.169. The van der Waals surface area contributed by atoms with Crippen molar-refractivity contribution in [1.29, 1.82) is 0 Å². The maximum absolute atomic E-state index is 12.5. The summed E-state index contributed by atoms with van der Waals surface area (Å²) in [6, 6.07) is 12.5. The third-order valence-electron chi connectivity index (χ3n) is 3.81. The lowest BCUT2D eigenvalue weighted by Gasteiger charge is -2.15. The van der Waals surface area contributed by atoms with Gasteiger partial charge in [-0.25, -0.2) is 0 Å². The number of aryl methyl sites for hydroxylation is 1. The predicted octanol–water partition coefficient (Wildman–Crippen LogP) is 4.45. The van der Waals surface area contributed by atoms with E-state index in [1.165, 1.54) is 16.9 Å². The van der Waals surface area contributed by atoms with Gasteiger partial charge in [-0.2, -0.15) is 0 Å². The van der Waals surface area contributed by atoms with Crippen LogP contribution in [0.25, 0.3) is 0 Å². The van der Waals surface area contributed by atoms with Gasteiger partial charge in [0.25, 0.3) is 5.91 Å². The Morgan fingerprint density at radius 2 is 2.10 bits per heavy atom. The van der Waals surface area contributed by atoms with E-state index in [2.05, 4.69) is 40.2 Å². The van der Waals surface area contributed by atoms with Crippen LogP contribution in [-0.4, -0.2) is 23.9 Å². The van der Waals surface area contributed by atoms with Crippen LogP contribution in [-0.2, 0) is 0 Å². The van der Waals surface area contributed by atoms with E-state index in [1.807, 2.05) is 24.0 Å². The fourth-order valence-corrected chi connectivity index (χ4v) is 4.17. The molecule has 0 radical (unpaired) electrons. The van der Waals surface area contributed by atoms with E-state index in [9.17, 15) is 4.79 Å². The number of hydrogen-bond acceptors (Lipinski definition) is 2. The molecule has 2 aromatic rings. The molecule has 1 unspecified atom stereocenters.